The molecule has 1 heteroatoms. The smallest absolute Gasteiger partial charge is 0.119 e. The summed E-state index contributed by atoms with van der Waals surface area (Å²) in [6.45, 7) is 6.49. The summed E-state index contributed by atoms with van der Waals surface area (Å²) in [6.07, 6.45) is 11.1. The van der Waals surface area contributed by atoms with E-state index in [4.69, 9.17) is 0 Å². The van der Waals surface area contributed by atoms with Crippen LogP contribution in [-0.4, -0.2) is 6.29 Å². The third-order valence-electron chi connectivity index (χ3n) is 1.86. The minimum atomic E-state index is 0.708. The average Bonchev–Trinajstić information content (AvgIpc) is 2.15. The Bertz CT molecular complexity index is 73.2. The third-order valence-corrected chi connectivity index (χ3v) is 1.86. The van der Waals surface area contributed by atoms with Crippen LogP contribution >= 0.6 is 0 Å². The highest BCUT2D eigenvalue weighted by Crippen LogP contribution is 2.03. The van der Waals surface area contributed by atoms with Crippen LogP contribution in [0, 0.1) is 0 Å². The topological polar surface area (TPSA) is 17.1 Å². The van der Waals surface area contributed by atoms with Crippen molar-refractivity contribution in [2.24, 2.45) is 0 Å². The van der Waals surface area contributed by atoms with Gasteiger partial charge in [-0.1, -0.05) is 59.3 Å². The Labute approximate surface area is 83.9 Å². The maximum atomic E-state index is 9.40. The lowest BCUT2D eigenvalue weighted by atomic mass is 10.1. The van der Waals surface area contributed by atoms with E-state index in [9.17, 15) is 4.79 Å². The highest BCUT2D eigenvalue weighted by Gasteiger charge is 1.83. The molecule has 0 aromatic heterocycles. The number of carbonyl (C=O) groups is 1. The van der Waals surface area contributed by atoms with Crippen molar-refractivity contribution in [3.63, 3.8) is 0 Å². The van der Waals surface area contributed by atoms with Gasteiger partial charge in [0.05, 0.1) is 0 Å². The van der Waals surface area contributed by atoms with Crippen LogP contribution in [0.5, 0.6) is 0 Å². The van der Waals surface area contributed by atoms with Gasteiger partial charge >= 0.3 is 0 Å². The van der Waals surface area contributed by atoms with E-state index in [0.717, 1.165) is 12.7 Å². The SMILES string of the molecule is CCCC=O.CCCCCCCC. The van der Waals surface area contributed by atoms with Crippen molar-refractivity contribution < 1.29 is 4.79 Å². The molecule has 0 aliphatic carbocycles. The summed E-state index contributed by atoms with van der Waals surface area (Å²) >= 11 is 0. The zero-order valence-corrected chi connectivity index (χ0v) is 9.64. The summed E-state index contributed by atoms with van der Waals surface area (Å²) in [4.78, 5) is 9.40. The van der Waals surface area contributed by atoms with E-state index in [0.29, 0.717) is 6.42 Å². The summed E-state index contributed by atoms with van der Waals surface area (Å²) in [5.74, 6) is 0. The van der Waals surface area contributed by atoms with E-state index in [1.54, 1.807) is 0 Å². The largest absolute Gasteiger partial charge is 0.303 e. The van der Waals surface area contributed by atoms with Crippen LogP contribution in [0.4, 0.5) is 0 Å². The molecule has 0 spiro atoms. The molecule has 0 heterocycles. The van der Waals surface area contributed by atoms with Gasteiger partial charge in [-0.05, 0) is 6.42 Å². The molecular formula is C12H26O. The highest BCUT2D eigenvalue weighted by atomic mass is 16.1. The van der Waals surface area contributed by atoms with Crippen molar-refractivity contribution >= 4 is 6.29 Å². The monoisotopic (exact) mass is 186 g/mol. The summed E-state index contributed by atoms with van der Waals surface area (Å²) in [6, 6.07) is 0. The van der Waals surface area contributed by atoms with Crippen molar-refractivity contribution in [1.82, 2.24) is 0 Å². The average molecular weight is 186 g/mol. The van der Waals surface area contributed by atoms with Gasteiger partial charge in [0.25, 0.3) is 0 Å². The number of unbranched alkanes of at least 4 members (excludes halogenated alkanes) is 6. The van der Waals surface area contributed by atoms with E-state index < -0.39 is 0 Å². The molecule has 1 nitrogen and oxygen atoms in total. The summed E-state index contributed by atoms with van der Waals surface area (Å²) in [5.41, 5.74) is 0. The zero-order valence-electron chi connectivity index (χ0n) is 9.64. The van der Waals surface area contributed by atoms with Gasteiger partial charge in [-0.25, -0.2) is 0 Å². The Balaban J connectivity index is 0. The number of hydrogen-bond acceptors (Lipinski definition) is 1. The first kappa shape index (κ1) is 15.2. The molecule has 0 N–H and O–H groups in total. The van der Waals surface area contributed by atoms with Gasteiger partial charge in [0.2, 0.25) is 0 Å². The van der Waals surface area contributed by atoms with Gasteiger partial charge < -0.3 is 4.79 Å². The van der Waals surface area contributed by atoms with Gasteiger partial charge in [-0.15, -0.1) is 0 Å². The number of aldehydes is 1. The second-order valence-electron chi connectivity index (χ2n) is 3.37. The third kappa shape index (κ3) is 24.5. The van der Waals surface area contributed by atoms with Crippen LogP contribution in [0.25, 0.3) is 0 Å². The molecule has 13 heavy (non-hydrogen) atoms. The fourth-order valence-electron chi connectivity index (χ4n) is 0.971. The fraction of sp³-hybridized carbons (Fsp3) is 0.917. The molecule has 0 atom stereocenters. The van der Waals surface area contributed by atoms with Crippen molar-refractivity contribution in [1.29, 1.82) is 0 Å². The second kappa shape index (κ2) is 17.7. The molecule has 0 aromatic rings. The van der Waals surface area contributed by atoms with Crippen LogP contribution in [-0.2, 0) is 4.79 Å². The minimum absolute atomic E-state index is 0.708. The Kier molecular flexibility index (Phi) is 20.6. The Morgan fingerprint density at radius 1 is 0.769 bits per heavy atom. The molecule has 0 rings (SSSR count). The van der Waals surface area contributed by atoms with E-state index in [-0.39, 0.29) is 0 Å². The van der Waals surface area contributed by atoms with Crippen molar-refractivity contribution in [2.45, 2.75) is 72.1 Å². The van der Waals surface area contributed by atoms with Crippen LogP contribution < -0.4 is 0 Å². The first-order valence-corrected chi connectivity index (χ1v) is 5.77. The summed E-state index contributed by atoms with van der Waals surface area (Å²) in [5, 5.41) is 0. The zero-order chi connectivity index (χ0) is 10.4. The summed E-state index contributed by atoms with van der Waals surface area (Å²) < 4.78 is 0. The van der Waals surface area contributed by atoms with Crippen molar-refractivity contribution in [3.05, 3.63) is 0 Å². The van der Waals surface area contributed by atoms with Gasteiger partial charge in [0.1, 0.15) is 6.29 Å². The molecule has 0 saturated carbocycles. The van der Waals surface area contributed by atoms with Gasteiger partial charge in [-0.3, -0.25) is 0 Å². The van der Waals surface area contributed by atoms with Gasteiger partial charge in [-0.2, -0.15) is 0 Å². The number of carbonyl (C=O) groups excluding carboxylic acids is 1. The Morgan fingerprint density at radius 3 is 1.38 bits per heavy atom. The lowest BCUT2D eigenvalue weighted by Gasteiger charge is -1.93. The maximum Gasteiger partial charge on any atom is 0.119 e. The quantitative estimate of drug-likeness (QED) is 0.426. The van der Waals surface area contributed by atoms with Crippen LogP contribution in [0.3, 0.4) is 0 Å². The van der Waals surface area contributed by atoms with Crippen LogP contribution in [0.15, 0.2) is 0 Å². The Hall–Kier alpha value is -0.330. The molecule has 0 aromatic carbocycles. The fourth-order valence-corrected chi connectivity index (χ4v) is 0.971. The summed E-state index contributed by atoms with van der Waals surface area (Å²) in [7, 11) is 0. The predicted octanol–water partition coefficient (Wildman–Crippen LogP) is 4.35. The highest BCUT2D eigenvalue weighted by molar-refractivity contribution is 5.48. The molecule has 0 radical (unpaired) electrons. The molecule has 0 fully saturated rings. The lowest BCUT2D eigenvalue weighted by Crippen LogP contribution is -1.73. The van der Waals surface area contributed by atoms with E-state index in [2.05, 4.69) is 13.8 Å². The van der Waals surface area contributed by atoms with Crippen molar-refractivity contribution in [2.75, 3.05) is 0 Å². The maximum absolute atomic E-state index is 9.40. The van der Waals surface area contributed by atoms with E-state index >= 15 is 0 Å². The Morgan fingerprint density at radius 2 is 1.23 bits per heavy atom. The normalized spacial score (nSPS) is 8.85. The first-order valence-electron chi connectivity index (χ1n) is 5.77. The first-order chi connectivity index (χ1) is 6.33. The minimum Gasteiger partial charge on any atom is -0.303 e. The van der Waals surface area contributed by atoms with E-state index in [1.807, 2.05) is 6.92 Å². The van der Waals surface area contributed by atoms with Crippen molar-refractivity contribution in [3.8, 4) is 0 Å². The van der Waals surface area contributed by atoms with Crippen LogP contribution in [0.2, 0.25) is 0 Å². The molecule has 0 unspecified atom stereocenters. The lowest BCUT2D eigenvalue weighted by molar-refractivity contribution is -0.107. The van der Waals surface area contributed by atoms with Gasteiger partial charge in [0, 0.05) is 6.42 Å². The van der Waals surface area contributed by atoms with E-state index in [1.165, 1.54) is 38.5 Å². The number of rotatable bonds is 7. The standard InChI is InChI=1S/C8H18.C4H8O/c1-3-5-7-8-6-4-2;1-2-3-4-5/h3-8H2,1-2H3;4H,2-3H2,1H3. The molecule has 0 amide bonds. The number of hydrogen-bond donors (Lipinski definition) is 0. The predicted molar refractivity (Wildman–Crippen MR) is 60.0 cm³/mol. The molecule has 80 valence electrons. The van der Waals surface area contributed by atoms with Gasteiger partial charge in [0.15, 0.2) is 0 Å². The molecule has 0 bridgehead atoms. The molecule has 0 saturated heterocycles. The molecule has 0 aliphatic heterocycles. The molecular weight excluding hydrogens is 160 g/mol. The second-order valence-corrected chi connectivity index (χ2v) is 3.37. The molecule has 0 aliphatic rings. The van der Waals surface area contributed by atoms with Crippen LogP contribution in [0.1, 0.15) is 72.1 Å².